The number of hydrogen-bond donors (Lipinski definition) is 1. The Morgan fingerprint density at radius 1 is 1.56 bits per heavy atom. The second-order valence-electron chi connectivity index (χ2n) is 4.80. The third-order valence-electron chi connectivity index (χ3n) is 3.10. The lowest BCUT2D eigenvalue weighted by atomic mass is 10.2. The van der Waals surface area contributed by atoms with Crippen LogP contribution in [0.4, 0.5) is 0 Å². The van der Waals surface area contributed by atoms with Crippen LogP contribution in [-0.4, -0.2) is 48.7 Å². The van der Waals surface area contributed by atoms with Crippen molar-refractivity contribution in [1.29, 1.82) is 0 Å². The van der Waals surface area contributed by atoms with Gasteiger partial charge in [0.05, 0.1) is 19.3 Å². The zero-order chi connectivity index (χ0) is 12.1. The van der Waals surface area contributed by atoms with Gasteiger partial charge in [-0.2, -0.15) is 0 Å². The van der Waals surface area contributed by atoms with Gasteiger partial charge in [-0.3, -0.25) is 9.69 Å². The van der Waals surface area contributed by atoms with Crippen molar-refractivity contribution in [2.24, 2.45) is 0 Å². The van der Waals surface area contributed by atoms with E-state index < -0.39 is 0 Å². The van der Waals surface area contributed by atoms with Crippen molar-refractivity contribution in [3.8, 4) is 0 Å². The summed E-state index contributed by atoms with van der Waals surface area (Å²) in [7, 11) is 0. The van der Waals surface area contributed by atoms with Crippen molar-refractivity contribution >= 4 is 5.91 Å². The monoisotopic (exact) mass is 228 g/mol. The van der Waals surface area contributed by atoms with E-state index in [-0.39, 0.29) is 18.1 Å². The highest BCUT2D eigenvalue weighted by Crippen LogP contribution is 2.10. The summed E-state index contributed by atoms with van der Waals surface area (Å²) in [5.41, 5.74) is 0. The molecular weight excluding hydrogens is 204 g/mol. The molecule has 0 unspecified atom stereocenters. The number of carbonyl (C=O) groups excluding carboxylic acids is 1. The molecule has 0 aromatic rings. The van der Waals surface area contributed by atoms with E-state index in [1.807, 2.05) is 13.8 Å². The minimum atomic E-state index is 0.121. The first-order valence-corrected chi connectivity index (χ1v) is 6.18. The van der Waals surface area contributed by atoms with Crippen LogP contribution in [0.5, 0.6) is 0 Å². The number of nitrogens with zero attached hydrogens (tertiary/aromatic N) is 1. The van der Waals surface area contributed by atoms with Gasteiger partial charge >= 0.3 is 0 Å². The van der Waals surface area contributed by atoms with Gasteiger partial charge in [-0.1, -0.05) is 6.92 Å². The predicted molar refractivity (Wildman–Crippen MR) is 64.3 cm³/mol. The molecule has 1 fully saturated rings. The lowest BCUT2D eigenvalue weighted by Crippen LogP contribution is -2.51. The number of morpholine rings is 1. The summed E-state index contributed by atoms with van der Waals surface area (Å²) in [6.07, 6.45) is 1.20. The number of rotatable bonds is 4. The third-order valence-corrected chi connectivity index (χ3v) is 3.10. The molecule has 16 heavy (non-hydrogen) atoms. The molecule has 1 aliphatic heterocycles. The highest BCUT2D eigenvalue weighted by Gasteiger charge is 2.25. The first kappa shape index (κ1) is 13.5. The van der Waals surface area contributed by atoms with Crippen LogP contribution < -0.4 is 5.32 Å². The number of amides is 1. The lowest BCUT2D eigenvalue weighted by Gasteiger charge is -2.36. The molecule has 1 rings (SSSR count). The predicted octanol–water partition coefficient (Wildman–Crippen LogP) is 1.01. The maximum Gasteiger partial charge on any atom is 0.234 e. The standard InChI is InChI=1S/C12H24N2O2/c1-5-9(2)13-12(15)7-14-6-11(4)16-8-10(14)3/h9-11H,5-8H2,1-4H3,(H,13,15)/t9-,10+,11+/m0/s1. The van der Waals surface area contributed by atoms with Gasteiger partial charge in [0.15, 0.2) is 0 Å². The third kappa shape index (κ3) is 4.10. The fraction of sp³-hybridized carbons (Fsp3) is 0.917. The van der Waals surface area contributed by atoms with Crippen LogP contribution in [-0.2, 0) is 9.53 Å². The van der Waals surface area contributed by atoms with Gasteiger partial charge < -0.3 is 10.1 Å². The summed E-state index contributed by atoms with van der Waals surface area (Å²) in [6.45, 7) is 10.3. The largest absolute Gasteiger partial charge is 0.376 e. The van der Waals surface area contributed by atoms with Gasteiger partial charge in [0.1, 0.15) is 0 Å². The van der Waals surface area contributed by atoms with Crippen molar-refractivity contribution in [1.82, 2.24) is 10.2 Å². The smallest absolute Gasteiger partial charge is 0.234 e. The Morgan fingerprint density at radius 2 is 2.25 bits per heavy atom. The molecule has 0 bridgehead atoms. The molecule has 0 aliphatic carbocycles. The average Bonchev–Trinajstić information content (AvgIpc) is 2.23. The molecule has 4 nitrogen and oxygen atoms in total. The number of hydrogen-bond acceptors (Lipinski definition) is 3. The van der Waals surface area contributed by atoms with E-state index in [0.717, 1.165) is 19.6 Å². The van der Waals surface area contributed by atoms with Gasteiger partial charge in [-0.15, -0.1) is 0 Å². The van der Waals surface area contributed by atoms with Gasteiger partial charge in [0.25, 0.3) is 0 Å². The highest BCUT2D eigenvalue weighted by atomic mass is 16.5. The Morgan fingerprint density at radius 3 is 2.88 bits per heavy atom. The van der Waals surface area contributed by atoms with Gasteiger partial charge in [0.2, 0.25) is 5.91 Å². The molecule has 1 heterocycles. The zero-order valence-electron chi connectivity index (χ0n) is 10.8. The van der Waals surface area contributed by atoms with E-state index in [1.165, 1.54) is 0 Å². The molecule has 0 aromatic heterocycles. The fourth-order valence-electron chi connectivity index (χ4n) is 1.80. The quantitative estimate of drug-likeness (QED) is 0.781. The molecule has 0 saturated carbocycles. The van der Waals surface area contributed by atoms with Crippen LogP contribution in [0.15, 0.2) is 0 Å². The van der Waals surface area contributed by atoms with Gasteiger partial charge in [0, 0.05) is 18.6 Å². The Kier molecular flexibility index (Phi) is 5.22. The maximum atomic E-state index is 11.7. The normalized spacial score (nSPS) is 28.8. The summed E-state index contributed by atoms with van der Waals surface area (Å²) in [6, 6.07) is 0.597. The van der Waals surface area contributed by atoms with E-state index in [1.54, 1.807) is 0 Å². The molecular formula is C12H24N2O2. The summed E-state index contributed by atoms with van der Waals surface area (Å²) in [4.78, 5) is 13.9. The molecule has 1 saturated heterocycles. The molecule has 1 aliphatic rings. The van der Waals surface area contributed by atoms with Crippen molar-refractivity contribution < 1.29 is 9.53 Å². The number of ether oxygens (including phenoxy) is 1. The average molecular weight is 228 g/mol. The Balaban J connectivity index is 2.37. The maximum absolute atomic E-state index is 11.7. The summed E-state index contributed by atoms with van der Waals surface area (Å²) >= 11 is 0. The van der Waals surface area contributed by atoms with E-state index in [0.29, 0.717) is 12.6 Å². The second kappa shape index (κ2) is 6.21. The molecule has 3 atom stereocenters. The van der Waals surface area contributed by atoms with E-state index >= 15 is 0 Å². The Labute approximate surface area is 98.3 Å². The van der Waals surface area contributed by atoms with E-state index in [2.05, 4.69) is 24.1 Å². The molecule has 0 spiro atoms. The minimum absolute atomic E-state index is 0.121. The molecule has 1 N–H and O–H groups in total. The molecule has 1 amide bonds. The SMILES string of the molecule is CC[C@H](C)NC(=O)CN1C[C@@H](C)OC[C@H]1C. The van der Waals surface area contributed by atoms with Crippen LogP contribution >= 0.6 is 0 Å². The first-order valence-electron chi connectivity index (χ1n) is 6.18. The van der Waals surface area contributed by atoms with Crippen LogP contribution in [0.3, 0.4) is 0 Å². The highest BCUT2D eigenvalue weighted by molar-refractivity contribution is 5.78. The van der Waals surface area contributed by atoms with Crippen LogP contribution in [0, 0.1) is 0 Å². The van der Waals surface area contributed by atoms with Crippen LogP contribution in [0.2, 0.25) is 0 Å². The second-order valence-corrected chi connectivity index (χ2v) is 4.80. The summed E-state index contributed by atoms with van der Waals surface area (Å²) in [5.74, 6) is 0.121. The lowest BCUT2D eigenvalue weighted by molar-refractivity contribution is -0.126. The fourth-order valence-corrected chi connectivity index (χ4v) is 1.80. The van der Waals surface area contributed by atoms with Gasteiger partial charge in [-0.05, 0) is 27.2 Å². The van der Waals surface area contributed by atoms with E-state index in [9.17, 15) is 4.79 Å². The van der Waals surface area contributed by atoms with Gasteiger partial charge in [-0.25, -0.2) is 0 Å². The first-order chi connectivity index (χ1) is 7.52. The Hall–Kier alpha value is -0.610. The van der Waals surface area contributed by atoms with E-state index in [4.69, 9.17) is 4.74 Å². The minimum Gasteiger partial charge on any atom is -0.376 e. The molecule has 0 aromatic carbocycles. The van der Waals surface area contributed by atoms with Crippen molar-refractivity contribution in [2.75, 3.05) is 19.7 Å². The zero-order valence-corrected chi connectivity index (χ0v) is 10.8. The number of nitrogens with one attached hydrogen (secondary N) is 1. The molecule has 94 valence electrons. The van der Waals surface area contributed by atoms with Crippen molar-refractivity contribution in [3.63, 3.8) is 0 Å². The summed E-state index contributed by atoms with van der Waals surface area (Å²) < 4.78 is 5.53. The van der Waals surface area contributed by atoms with Crippen molar-refractivity contribution in [2.45, 2.75) is 52.3 Å². The summed E-state index contributed by atoms with van der Waals surface area (Å²) in [5, 5.41) is 2.99. The van der Waals surface area contributed by atoms with Crippen molar-refractivity contribution in [3.05, 3.63) is 0 Å². The molecule has 4 heteroatoms. The van der Waals surface area contributed by atoms with Crippen LogP contribution in [0.25, 0.3) is 0 Å². The topological polar surface area (TPSA) is 41.6 Å². The van der Waals surface area contributed by atoms with Crippen LogP contribution in [0.1, 0.15) is 34.1 Å². The Bertz CT molecular complexity index is 233. The number of carbonyl (C=O) groups is 1. The molecule has 0 radical (unpaired) electrons.